The lowest BCUT2D eigenvalue weighted by Crippen LogP contribution is -2.12. The molecule has 0 amide bonds. The molecule has 1 nitrogen and oxygen atoms in total. The Morgan fingerprint density at radius 2 is 2.00 bits per heavy atom. The third kappa shape index (κ3) is 5.96. The van der Waals surface area contributed by atoms with Crippen molar-refractivity contribution >= 4 is 0 Å². The lowest BCUT2D eigenvalue weighted by molar-refractivity contribution is 0.399. The first-order chi connectivity index (χ1) is 3.77. The van der Waals surface area contributed by atoms with Gasteiger partial charge in [-0.3, -0.25) is 0 Å². The molecule has 0 aromatic carbocycles. The van der Waals surface area contributed by atoms with Crippen LogP contribution in [0.15, 0.2) is 0 Å². The quantitative estimate of drug-likeness (QED) is 0.501. The maximum Gasteiger partial charge on any atom is -0.00247 e. The van der Waals surface area contributed by atoms with E-state index < -0.39 is 0 Å². The van der Waals surface area contributed by atoms with E-state index in [9.17, 15) is 0 Å². The summed E-state index contributed by atoms with van der Waals surface area (Å²) in [4.78, 5) is 2.21. The molecule has 0 unspecified atom stereocenters. The second-order valence-corrected chi connectivity index (χ2v) is 2.35. The molecule has 0 rings (SSSR count). The molecule has 0 N–H and O–H groups in total. The van der Waals surface area contributed by atoms with Gasteiger partial charge < -0.3 is 4.90 Å². The van der Waals surface area contributed by atoms with Crippen LogP contribution in [0.3, 0.4) is 0 Å². The molecule has 0 atom stereocenters. The largest absolute Gasteiger partial charge is 0.309 e. The standard InChI is InChI=1S/C7H16N/c1-4-5-6-7-8(2)3/h4H,5-7H2,1-3H3. The Labute approximate surface area is 52.7 Å². The van der Waals surface area contributed by atoms with Gasteiger partial charge in [-0.05, 0) is 39.9 Å². The molecule has 0 spiro atoms. The molecule has 0 aliphatic rings. The SMILES string of the molecule is C[CH]CCCN(C)C. The van der Waals surface area contributed by atoms with E-state index in [1.165, 1.54) is 19.4 Å². The Balaban J connectivity index is 2.72. The molecule has 0 fully saturated rings. The van der Waals surface area contributed by atoms with Gasteiger partial charge in [0.05, 0.1) is 0 Å². The minimum atomic E-state index is 1.21. The predicted octanol–water partition coefficient (Wildman–Crippen LogP) is 1.55. The highest BCUT2D eigenvalue weighted by molar-refractivity contribution is 4.56. The van der Waals surface area contributed by atoms with E-state index >= 15 is 0 Å². The van der Waals surface area contributed by atoms with E-state index in [4.69, 9.17) is 0 Å². The molecule has 0 aromatic rings. The molecule has 0 aromatic heterocycles. The van der Waals surface area contributed by atoms with Gasteiger partial charge >= 0.3 is 0 Å². The zero-order chi connectivity index (χ0) is 6.41. The fraction of sp³-hybridized carbons (Fsp3) is 0.857. The first-order valence-corrected chi connectivity index (χ1v) is 3.20. The number of hydrogen-bond donors (Lipinski definition) is 0. The second-order valence-electron chi connectivity index (χ2n) is 2.35. The average molecular weight is 114 g/mol. The fourth-order valence-corrected chi connectivity index (χ4v) is 0.612. The van der Waals surface area contributed by atoms with Crippen molar-refractivity contribution in [3.05, 3.63) is 6.42 Å². The van der Waals surface area contributed by atoms with Crippen LogP contribution in [0.1, 0.15) is 19.8 Å². The van der Waals surface area contributed by atoms with E-state index in [-0.39, 0.29) is 0 Å². The van der Waals surface area contributed by atoms with Crippen molar-refractivity contribution in [2.75, 3.05) is 20.6 Å². The van der Waals surface area contributed by atoms with Crippen LogP contribution in [0.5, 0.6) is 0 Å². The van der Waals surface area contributed by atoms with Crippen LogP contribution >= 0.6 is 0 Å². The highest BCUT2D eigenvalue weighted by Gasteiger charge is 1.86. The average Bonchev–Trinajstić information content (AvgIpc) is 1.66. The van der Waals surface area contributed by atoms with Crippen LogP contribution in [-0.2, 0) is 0 Å². The fourth-order valence-electron chi connectivity index (χ4n) is 0.612. The van der Waals surface area contributed by atoms with Gasteiger partial charge in [0.25, 0.3) is 0 Å². The Kier molecular flexibility index (Phi) is 5.08. The van der Waals surface area contributed by atoms with E-state index in [0.717, 1.165) is 0 Å². The summed E-state index contributed by atoms with van der Waals surface area (Å²) in [6.45, 7) is 3.32. The van der Waals surface area contributed by atoms with Crippen LogP contribution in [-0.4, -0.2) is 25.5 Å². The summed E-state index contributed by atoms with van der Waals surface area (Å²) in [7, 11) is 4.21. The summed E-state index contributed by atoms with van der Waals surface area (Å²) in [6.07, 6.45) is 4.76. The van der Waals surface area contributed by atoms with Gasteiger partial charge in [-0.2, -0.15) is 0 Å². The van der Waals surface area contributed by atoms with Gasteiger partial charge in [0, 0.05) is 0 Å². The molecule has 49 valence electrons. The van der Waals surface area contributed by atoms with E-state index in [1.807, 2.05) is 0 Å². The molecule has 0 aliphatic heterocycles. The van der Waals surface area contributed by atoms with Crippen molar-refractivity contribution in [2.24, 2.45) is 0 Å². The summed E-state index contributed by atoms with van der Waals surface area (Å²) in [5.74, 6) is 0. The van der Waals surface area contributed by atoms with Gasteiger partial charge in [0.1, 0.15) is 0 Å². The van der Waals surface area contributed by atoms with Crippen molar-refractivity contribution in [1.29, 1.82) is 0 Å². The van der Waals surface area contributed by atoms with Gasteiger partial charge in [0.2, 0.25) is 0 Å². The van der Waals surface area contributed by atoms with Crippen molar-refractivity contribution in [1.82, 2.24) is 4.90 Å². The Hall–Kier alpha value is -0.0400. The zero-order valence-corrected chi connectivity index (χ0v) is 6.15. The van der Waals surface area contributed by atoms with E-state index in [2.05, 4.69) is 32.3 Å². The predicted molar refractivity (Wildman–Crippen MR) is 37.8 cm³/mol. The molecule has 0 bridgehead atoms. The molecule has 1 radical (unpaired) electrons. The van der Waals surface area contributed by atoms with Gasteiger partial charge in [-0.15, -0.1) is 0 Å². The molecule has 0 saturated heterocycles. The van der Waals surface area contributed by atoms with Crippen LogP contribution in [0.25, 0.3) is 0 Å². The molecular weight excluding hydrogens is 98.1 g/mol. The first kappa shape index (κ1) is 7.96. The van der Waals surface area contributed by atoms with Gasteiger partial charge in [-0.1, -0.05) is 6.92 Å². The lowest BCUT2D eigenvalue weighted by Gasteiger charge is -2.06. The smallest absolute Gasteiger partial charge is 0.00247 e. The van der Waals surface area contributed by atoms with Crippen LogP contribution in [0.4, 0.5) is 0 Å². The van der Waals surface area contributed by atoms with E-state index in [0.29, 0.717) is 0 Å². The first-order valence-electron chi connectivity index (χ1n) is 3.20. The molecule has 0 saturated carbocycles. The van der Waals surface area contributed by atoms with Crippen molar-refractivity contribution < 1.29 is 0 Å². The Bertz CT molecular complexity index is 41.7. The van der Waals surface area contributed by atoms with Gasteiger partial charge in [0.15, 0.2) is 0 Å². The summed E-state index contributed by atoms with van der Waals surface area (Å²) in [6, 6.07) is 0. The Morgan fingerprint density at radius 3 is 2.38 bits per heavy atom. The minimum absolute atomic E-state index is 1.21. The van der Waals surface area contributed by atoms with E-state index in [1.54, 1.807) is 0 Å². The maximum absolute atomic E-state index is 2.21. The van der Waals surface area contributed by atoms with Crippen molar-refractivity contribution in [3.63, 3.8) is 0 Å². The minimum Gasteiger partial charge on any atom is -0.309 e. The zero-order valence-electron chi connectivity index (χ0n) is 6.15. The van der Waals surface area contributed by atoms with Crippen LogP contribution in [0.2, 0.25) is 0 Å². The summed E-state index contributed by atoms with van der Waals surface area (Å²) >= 11 is 0. The molecule has 1 heteroatoms. The highest BCUT2D eigenvalue weighted by Crippen LogP contribution is 1.92. The summed E-state index contributed by atoms with van der Waals surface area (Å²) in [5, 5.41) is 0. The van der Waals surface area contributed by atoms with Crippen molar-refractivity contribution in [2.45, 2.75) is 19.8 Å². The lowest BCUT2D eigenvalue weighted by atomic mass is 10.2. The normalized spacial score (nSPS) is 10.5. The Morgan fingerprint density at radius 1 is 1.38 bits per heavy atom. The number of hydrogen-bond acceptors (Lipinski definition) is 1. The second kappa shape index (κ2) is 5.10. The monoisotopic (exact) mass is 114 g/mol. The third-order valence-corrected chi connectivity index (χ3v) is 1.10. The molecule has 0 heterocycles. The topological polar surface area (TPSA) is 3.24 Å². The molecule has 8 heavy (non-hydrogen) atoms. The van der Waals surface area contributed by atoms with Crippen molar-refractivity contribution in [3.8, 4) is 0 Å². The highest BCUT2D eigenvalue weighted by atomic mass is 15.0. The molecular formula is C7H16N. The summed E-state index contributed by atoms with van der Waals surface area (Å²) in [5.41, 5.74) is 0. The maximum atomic E-state index is 2.21. The number of rotatable bonds is 4. The number of unbranched alkanes of at least 4 members (excludes halogenated alkanes) is 2. The van der Waals surface area contributed by atoms with Crippen LogP contribution in [0, 0.1) is 6.42 Å². The van der Waals surface area contributed by atoms with Crippen LogP contribution < -0.4 is 0 Å². The summed E-state index contributed by atoms with van der Waals surface area (Å²) < 4.78 is 0. The van der Waals surface area contributed by atoms with Gasteiger partial charge in [-0.25, -0.2) is 0 Å². The number of nitrogens with zero attached hydrogens (tertiary/aromatic N) is 1. The third-order valence-electron chi connectivity index (χ3n) is 1.10. The molecule has 0 aliphatic carbocycles.